The van der Waals surface area contributed by atoms with E-state index >= 15 is 0 Å². The zero-order valence-corrected chi connectivity index (χ0v) is 8.79. The predicted octanol–water partition coefficient (Wildman–Crippen LogP) is 2.57. The first kappa shape index (κ1) is 9.81. The molecule has 0 spiro atoms. The van der Waals surface area contributed by atoms with Crippen LogP contribution in [-0.4, -0.2) is 10.2 Å². The molecule has 0 unspecified atom stereocenters. The molecule has 2 aromatic rings. The highest BCUT2D eigenvalue weighted by atomic mass is 32.2. The number of rotatable bonds is 3. The van der Waals surface area contributed by atoms with Crippen LogP contribution in [0.2, 0.25) is 0 Å². The summed E-state index contributed by atoms with van der Waals surface area (Å²) in [5.41, 5.74) is 1.84. The number of benzene rings is 1. The van der Waals surface area contributed by atoms with Gasteiger partial charge in [-0.05, 0) is 5.56 Å². The van der Waals surface area contributed by atoms with E-state index in [1.807, 2.05) is 18.2 Å². The second-order valence-electron chi connectivity index (χ2n) is 3.00. The minimum absolute atomic E-state index is 0.607. The molecule has 74 valence electrons. The Kier molecular flexibility index (Phi) is 3.05. The van der Waals surface area contributed by atoms with Crippen molar-refractivity contribution < 1.29 is 0 Å². The highest BCUT2D eigenvalue weighted by molar-refractivity contribution is 7.98. The van der Waals surface area contributed by atoms with Crippen molar-refractivity contribution in [3.8, 4) is 6.07 Å². The van der Waals surface area contributed by atoms with Gasteiger partial charge in [0, 0.05) is 5.75 Å². The number of hydrogen-bond donors (Lipinski definition) is 1. The highest BCUT2D eigenvalue weighted by Gasteiger charge is 2.04. The molecule has 1 heterocycles. The zero-order valence-electron chi connectivity index (χ0n) is 7.97. The van der Waals surface area contributed by atoms with Crippen molar-refractivity contribution in [2.24, 2.45) is 0 Å². The monoisotopic (exact) mass is 215 g/mol. The van der Waals surface area contributed by atoms with Crippen molar-refractivity contribution in [2.75, 3.05) is 0 Å². The Labute approximate surface area is 92.1 Å². The van der Waals surface area contributed by atoms with Gasteiger partial charge in [0.15, 0.2) is 0 Å². The molecular formula is C11H9N3S. The number of H-pyrrole nitrogens is 1. The van der Waals surface area contributed by atoms with Crippen LogP contribution in [0.15, 0.2) is 41.6 Å². The van der Waals surface area contributed by atoms with Gasteiger partial charge in [-0.25, -0.2) is 0 Å². The number of aromatic nitrogens is 2. The fourth-order valence-corrected chi connectivity index (χ4v) is 2.07. The molecule has 3 nitrogen and oxygen atoms in total. The van der Waals surface area contributed by atoms with Crippen LogP contribution in [0, 0.1) is 11.3 Å². The molecule has 0 aliphatic rings. The molecule has 0 aliphatic carbocycles. The standard InChI is InChI=1S/C11H9N3S/c12-6-10-7-13-14-11(10)15-8-9-4-2-1-3-5-9/h1-5,7H,8H2,(H,13,14). The molecule has 0 saturated heterocycles. The van der Waals surface area contributed by atoms with Crippen LogP contribution in [-0.2, 0) is 5.75 Å². The average Bonchev–Trinajstić information content (AvgIpc) is 2.75. The SMILES string of the molecule is N#Cc1cn[nH]c1SCc1ccccc1. The van der Waals surface area contributed by atoms with Gasteiger partial charge < -0.3 is 0 Å². The van der Waals surface area contributed by atoms with E-state index in [0.717, 1.165) is 10.8 Å². The predicted molar refractivity (Wildman–Crippen MR) is 59.3 cm³/mol. The summed E-state index contributed by atoms with van der Waals surface area (Å²) in [5, 5.41) is 16.3. The molecule has 0 amide bonds. The Hall–Kier alpha value is -1.73. The minimum atomic E-state index is 0.607. The van der Waals surface area contributed by atoms with Crippen LogP contribution in [0.25, 0.3) is 0 Å². The summed E-state index contributed by atoms with van der Waals surface area (Å²) < 4.78 is 0. The molecule has 0 atom stereocenters. The fourth-order valence-electron chi connectivity index (χ4n) is 1.19. The summed E-state index contributed by atoms with van der Waals surface area (Å²) in [5.74, 6) is 0.845. The average molecular weight is 215 g/mol. The molecule has 15 heavy (non-hydrogen) atoms. The lowest BCUT2D eigenvalue weighted by molar-refractivity contribution is 1.00. The van der Waals surface area contributed by atoms with E-state index in [0.29, 0.717) is 5.56 Å². The summed E-state index contributed by atoms with van der Waals surface area (Å²) in [6.07, 6.45) is 1.55. The topological polar surface area (TPSA) is 52.5 Å². The second kappa shape index (κ2) is 4.67. The van der Waals surface area contributed by atoms with E-state index in [1.165, 1.54) is 5.56 Å². The van der Waals surface area contributed by atoms with Crippen molar-refractivity contribution in [2.45, 2.75) is 10.8 Å². The molecular weight excluding hydrogens is 206 g/mol. The van der Waals surface area contributed by atoms with Gasteiger partial charge in [0.1, 0.15) is 16.7 Å². The van der Waals surface area contributed by atoms with Gasteiger partial charge in [0.25, 0.3) is 0 Å². The number of hydrogen-bond acceptors (Lipinski definition) is 3. The fraction of sp³-hybridized carbons (Fsp3) is 0.0909. The van der Waals surface area contributed by atoms with Gasteiger partial charge in [-0.2, -0.15) is 10.4 Å². The Morgan fingerprint density at radius 2 is 2.13 bits per heavy atom. The van der Waals surface area contributed by atoms with Crippen molar-refractivity contribution in [1.82, 2.24) is 10.2 Å². The number of nitrogens with zero attached hydrogens (tertiary/aromatic N) is 2. The van der Waals surface area contributed by atoms with Gasteiger partial charge >= 0.3 is 0 Å². The molecule has 0 fully saturated rings. The van der Waals surface area contributed by atoms with Gasteiger partial charge in [0.05, 0.1) is 6.20 Å². The Balaban J connectivity index is 2.03. The molecule has 0 saturated carbocycles. The van der Waals surface area contributed by atoms with Gasteiger partial charge in [-0.3, -0.25) is 5.10 Å². The Morgan fingerprint density at radius 3 is 2.87 bits per heavy atom. The van der Waals surface area contributed by atoms with Crippen LogP contribution in [0.5, 0.6) is 0 Å². The number of nitrogens with one attached hydrogen (secondary N) is 1. The number of nitriles is 1. The summed E-state index contributed by atoms with van der Waals surface area (Å²) >= 11 is 1.59. The van der Waals surface area contributed by atoms with Gasteiger partial charge in [-0.1, -0.05) is 30.3 Å². The Morgan fingerprint density at radius 1 is 1.33 bits per heavy atom. The largest absolute Gasteiger partial charge is 0.271 e. The van der Waals surface area contributed by atoms with E-state index in [-0.39, 0.29) is 0 Å². The van der Waals surface area contributed by atoms with Crippen molar-refractivity contribution in [3.63, 3.8) is 0 Å². The molecule has 4 heteroatoms. The van der Waals surface area contributed by atoms with Crippen LogP contribution in [0.4, 0.5) is 0 Å². The summed E-state index contributed by atoms with van der Waals surface area (Å²) in [6, 6.07) is 12.2. The maximum Gasteiger partial charge on any atom is 0.109 e. The summed E-state index contributed by atoms with van der Waals surface area (Å²) in [4.78, 5) is 0. The molecule has 1 aromatic heterocycles. The molecule has 0 bridgehead atoms. The summed E-state index contributed by atoms with van der Waals surface area (Å²) in [6.45, 7) is 0. The third kappa shape index (κ3) is 2.39. The van der Waals surface area contributed by atoms with Gasteiger partial charge in [-0.15, -0.1) is 11.8 Å². The molecule has 0 aliphatic heterocycles. The van der Waals surface area contributed by atoms with Crippen LogP contribution in [0.3, 0.4) is 0 Å². The molecule has 2 rings (SSSR count). The zero-order chi connectivity index (χ0) is 10.5. The van der Waals surface area contributed by atoms with E-state index in [4.69, 9.17) is 5.26 Å². The minimum Gasteiger partial charge on any atom is -0.271 e. The lowest BCUT2D eigenvalue weighted by Crippen LogP contribution is -1.81. The van der Waals surface area contributed by atoms with E-state index in [9.17, 15) is 0 Å². The third-order valence-corrected chi connectivity index (χ3v) is 3.03. The maximum atomic E-state index is 8.78. The van der Waals surface area contributed by atoms with Crippen LogP contribution >= 0.6 is 11.8 Å². The highest BCUT2D eigenvalue weighted by Crippen LogP contribution is 2.23. The number of aromatic amines is 1. The normalized spacial score (nSPS) is 9.80. The van der Waals surface area contributed by atoms with E-state index < -0.39 is 0 Å². The molecule has 1 N–H and O–H groups in total. The second-order valence-corrected chi connectivity index (χ2v) is 3.98. The first-order valence-corrected chi connectivity index (χ1v) is 5.49. The lowest BCUT2D eigenvalue weighted by Gasteiger charge is -1.98. The van der Waals surface area contributed by atoms with E-state index in [2.05, 4.69) is 28.4 Å². The van der Waals surface area contributed by atoms with Crippen LogP contribution in [0.1, 0.15) is 11.1 Å². The van der Waals surface area contributed by atoms with Crippen molar-refractivity contribution >= 4 is 11.8 Å². The van der Waals surface area contributed by atoms with E-state index in [1.54, 1.807) is 18.0 Å². The first-order chi connectivity index (χ1) is 7.40. The van der Waals surface area contributed by atoms with Crippen molar-refractivity contribution in [1.29, 1.82) is 5.26 Å². The molecule has 1 aromatic carbocycles. The number of thioether (sulfide) groups is 1. The lowest BCUT2D eigenvalue weighted by atomic mass is 10.2. The maximum absolute atomic E-state index is 8.78. The van der Waals surface area contributed by atoms with Crippen molar-refractivity contribution in [3.05, 3.63) is 47.7 Å². The van der Waals surface area contributed by atoms with Crippen LogP contribution < -0.4 is 0 Å². The smallest absolute Gasteiger partial charge is 0.109 e. The third-order valence-electron chi connectivity index (χ3n) is 1.95. The molecule has 0 radical (unpaired) electrons. The summed E-state index contributed by atoms with van der Waals surface area (Å²) in [7, 11) is 0. The Bertz CT molecular complexity index is 470. The van der Waals surface area contributed by atoms with Gasteiger partial charge in [0.2, 0.25) is 0 Å². The quantitative estimate of drug-likeness (QED) is 0.800. The first-order valence-electron chi connectivity index (χ1n) is 4.50.